The fourth-order valence-electron chi connectivity index (χ4n) is 3.99. The Bertz CT molecular complexity index is 1250. The molecule has 4 rings (SSSR count). The fourth-order valence-corrected chi connectivity index (χ4v) is 3.99. The van der Waals surface area contributed by atoms with Gasteiger partial charge in [0.1, 0.15) is 17.2 Å². The molecule has 0 atom stereocenters. The first-order valence-electron chi connectivity index (χ1n) is 10.6. The second-order valence-corrected chi connectivity index (χ2v) is 7.94. The number of hydrogen-bond donors (Lipinski definition) is 1. The van der Waals surface area contributed by atoms with E-state index in [9.17, 15) is 9.59 Å². The largest absolute Gasteiger partial charge is 0.497 e. The predicted molar refractivity (Wildman–Crippen MR) is 128 cm³/mol. The quantitative estimate of drug-likeness (QED) is 0.537. The molecule has 6 nitrogen and oxygen atoms in total. The van der Waals surface area contributed by atoms with Crippen LogP contribution in [0, 0.1) is 13.8 Å². The molecular weight excluding hydrogens is 416 g/mol. The van der Waals surface area contributed by atoms with Crippen molar-refractivity contribution in [1.82, 2.24) is 4.90 Å². The molecule has 0 fully saturated rings. The van der Waals surface area contributed by atoms with Crippen LogP contribution >= 0.6 is 0 Å². The number of carbonyl (C=O) groups is 2. The number of ether oxygens (including phenoxy) is 2. The highest BCUT2D eigenvalue weighted by Gasteiger charge is 2.40. The van der Waals surface area contributed by atoms with E-state index < -0.39 is 0 Å². The molecule has 0 radical (unpaired) electrons. The van der Waals surface area contributed by atoms with E-state index in [1.807, 2.05) is 62.4 Å². The molecule has 0 aliphatic carbocycles. The van der Waals surface area contributed by atoms with E-state index in [1.165, 1.54) is 4.90 Å². The lowest BCUT2D eigenvalue weighted by Gasteiger charge is -2.16. The number of benzene rings is 3. The molecule has 1 aliphatic heterocycles. The van der Waals surface area contributed by atoms with Crippen molar-refractivity contribution < 1.29 is 19.1 Å². The van der Waals surface area contributed by atoms with Gasteiger partial charge in [0, 0.05) is 6.07 Å². The van der Waals surface area contributed by atoms with Crippen LogP contribution < -0.4 is 14.8 Å². The van der Waals surface area contributed by atoms with Gasteiger partial charge in [-0.3, -0.25) is 14.5 Å². The summed E-state index contributed by atoms with van der Waals surface area (Å²) in [7, 11) is 3.12. The highest BCUT2D eigenvalue weighted by molar-refractivity contribution is 6.36. The standard InChI is InChI=1S/C27H26N2O4/c1-17-10-12-21(18(2)14-17)24-25(28-22-15-20(32-3)11-13-23(22)33-4)27(31)29(26(24)30)16-19-8-6-5-7-9-19/h5-15,28H,16H2,1-4H3. The SMILES string of the molecule is COc1ccc(OC)c(NC2=C(c3ccc(C)cc3C)C(=O)N(Cc3ccccc3)C2=O)c1. The minimum absolute atomic E-state index is 0.188. The molecule has 0 spiro atoms. The lowest BCUT2D eigenvalue weighted by molar-refractivity contribution is -0.137. The average Bonchev–Trinajstić information content (AvgIpc) is 3.04. The van der Waals surface area contributed by atoms with Gasteiger partial charge in [0.2, 0.25) is 0 Å². The van der Waals surface area contributed by atoms with E-state index in [0.29, 0.717) is 22.8 Å². The Kier molecular flexibility index (Phi) is 6.18. The summed E-state index contributed by atoms with van der Waals surface area (Å²) in [6, 6.07) is 20.6. The first-order chi connectivity index (χ1) is 15.9. The van der Waals surface area contributed by atoms with Crippen LogP contribution in [0.15, 0.2) is 72.4 Å². The highest BCUT2D eigenvalue weighted by atomic mass is 16.5. The Labute approximate surface area is 193 Å². The van der Waals surface area contributed by atoms with E-state index in [0.717, 1.165) is 22.3 Å². The van der Waals surface area contributed by atoms with Crippen LogP contribution in [0.2, 0.25) is 0 Å². The van der Waals surface area contributed by atoms with Gasteiger partial charge >= 0.3 is 0 Å². The van der Waals surface area contributed by atoms with Crippen LogP contribution in [-0.2, 0) is 16.1 Å². The summed E-state index contributed by atoms with van der Waals surface area (Å²) in [5.41, 5.74) is 4.70. The van der Waals surface area contributed by atoms with Gasteiger partial charge in [0.15, 0.2) is 0 Å². The molecule has 33 heavy (non-hydrogen) atoms. The van der Waals surface area contributed by atoms with Gasteiger partial charge in [0.25, 0.3) is 11.8 Å². The molecule has 0 aromatic heterocycles. The second kappa shape index (κ2) is 9.20. The van der Waals surface area contributed by atoms with Gasteiger partial charge in [-0.15, -0.1) is 0 Å². The number of hydrogen-bond acceptors (Lipinski definition) is 5. The predicted octanol–water partition coefficient (Wildman–Crippen LogP) is 4.71. The van der Waals surface area contributed by atoms with Crippen molar-refractivity contribution >= 4 is 23.1 Å². The monoisotopic (exact) mass is 442 g/mol. The Morgan fingerprint density at radius 1 is 0.848 bits per heavy atom. The van der Waals surface area contributed by atoms with Gasteiger partial charge in [-0.25, -0.2) is 0 Å². The molecule has 6 heteroatoms. The summed E-state index contributed by atoms with van der Waals surface area (Å²) in [4.78, 5) is 28.4. The van der Waals surface area contributed by atoms with Crippen molar-refractivity contribution in [2.75, 3.05) is 19.5 Å². The number of imide groups is 1. The lowest BCUT2D eigenvalue weighted by Crippen LogP contribution is -2.32. The van der Waals surface area contributed by atoms with Gasteiger partial charge in [-0.05, 0) is 42.7 Å². The maximum absolute atomic E-state index is 13.6. The van der Waals surface area contributed by atoms with Crippen molar-refractivity contribution in [3.05, 3.63) is 94.7 Å². The number of aryl methyl sites for hydroxylation is 2. The molecule has 3 aromatic rings. The average molecular weight is 443 g/mol. The molecular formula is C27H26N2O4. The zero-order chi connectivity index (χ0) is 23.5. The maximum Gasteiger partial charge on any atom is 0.278 e. The van der Waals surface area contributed by atoms with Crippen molar-refractivity contribution in [3.63, 3.8) is 0 Å². The summed E-state index contributed by atoms with van der Waals surface area (Å²) in [6.07, 6.45) is 0. The van der Waals surface area contributed by atoms with Crippen molar-refractivity contribution in [2.45, 2.75) is 20.4 Å². The van der Waals surface area contributed by atoms with Crippen LogP contribution in [0.5, 0.6) is 11.5 Å². The minimum atomic E-state index is -0.385. The zero-order valence-corrected chi connectivity index (χ0v) is 19.1. The number of methoxy groups -OCH3 is 2. The van der Waals surface area contributed by atoms with Crippen molar-refractivity contribution in [2.24, 2.45) is 0 Å². The van der Waals surface area contributed by atoms with Crippen LogP contribution in [0.1, 0.15) is 22.3 Å². The number of nitrogens with one attached hydrogen (secondary N) is 1. The second-order valence-electron chi connectivity index (χ2n) is 7.94. The molecule has 1 heterocycles. The van der Waals surface area contributed by atoms with Crippen molar-refractivity contribution in [3.8, 4) is 11.5 Å². The first-order valence-corrected chi connectivity index (χ1v) is 10.6. The van der Waals surface area contributed by atoms with Crippen LogP contribution in [0.3, 0.4) is 0 Å². The summed E-state index contributed by atoms with van der Waals surface area (Å²) < 4.78 is 10.8. The number of nitrogens with zero attached hydrogens (tertiary/aromatic N) is 1. The van der Waals surface area contributed by atoms with E-state index in [4.69, 9.17) is 9.47 Å². The Morgan fingerprint density at radius 3 is 2.27 bits per heavy atom. The summed E-state index contributed by atoms with van der Waals surface area (Å²) in [5.74, 6) is 0.416. The number of carbonyl (C=O) groups excluding carboxylic acids is 2. The topological polar surface area (TPSA) is 67.9 Å². The molecule has 3 aromatic carbocycles. The molecule has 0 saturated heterocycles. The molecule has 2 amide bonds. The third kappa shape index (κ3) is 4.32. The minimum Gasteiger partial charge on any atom is -0.497 e. The molecule has 0 unspecified atom stereocenters. The van der Waals surface area contributed by atoms with Crippen LogP contribution in [0.25, 0.3) is 5.57 Å². The third-order valence-electron chi connectivity index (χ3n) is 5.67. The van der Waals surface area contributed by atoms with Gasteiger partial charge < -0.3 is 14.8 Å². The summed E-state index contributed by atoms with van der Waals surface area (Å²) >= 11 is 0. The molecule has 1 aliphatic rings. The summed E-state index contributed by atoms with van der Waals surface area (Å²) in [6.45, 7) is 4.12. The maximum atomic E-state index is 13.6. The lowest BCUT2D eigenvalue weighted by atomic mass is 9.97. The zero-order valence-electron chi connectivity index (χ0n) is 19.1. The van der Waals surface area contributed by atoms with E-state index in [1.54, 1.807) is 32.4 Å². The van der Waals surface area contributed by atoms with Crippen LogP contribution in [-0.4, -0.2) is 30.9 Å². The first kappa shape index (κ1) is 22.1. The Balaban J connectivity index is 1.82. The molecule has 0 saturated carbocycles. The van der Waals surface area contributed by atoms with E-state index >= 15 is 0 Å². The summed E-state index contributed by atoms with van der Waals surface area (Å²) in [5, 5.41) is 3.18. The fraction of sp³-hybridized carbons (Fsp3) is 0.185. The molecule has 168 valence electrons. The number of amides is 2. The third-order valence-corrected chi connectivity index (χ3v) is 5.67. The number of anilines is 1. The normalized spacial score (nSPS) is 13.5. The number of rotatable bonds is 7. The highest BCUT2D eigenvalue weighted by Crippen LogP contribution is 2.36. The molecule has 0 bridgehead atoms. The van der Waals surface area contributed by atoms with Crippen molar-refractivity contribution in [1.29, 1.82) is 0 Å². The Hall–Kier alpha value is -4.06. The Morgan fingerprint density at radius 2 is 1.61 bits per heavy atom. The van der Waals surface area contributed by atoms with E-state index in [2.05, 4.69) is 5.32 Å². The molecule has 1 N–H and O–H groups in total. The smallest absolute Gasteiger partial charge is 0.278 e. The van der Waals surface area contributed by atoms with Gasteiger partial charge in [-0.1, -0.05) is 54.1 Å². The van der Waals surface area contributed by atoms with E-state index in [-0.39, 0.29) is 24.1 Å². The van der Waals surface area contributed by atoms with Crippen LogP contribution in [0.4, 0.5) is 5.69 Å². The van der Waals surface area contributed by atoms with Gasteiger partial charge in [0.05, 0.1) is 32.0 Å². The van der Waals surface area contributed by atoms with Gasteiger partial charge in [-0.2, -0.15) is 0 Å².